The van der Waals surface area contributed by atoms with E-state index in [0.29, 0.717) is 0 Å². The first-order valence-corrected chi connectivity index (χ1v) is 15.8. The molecule has 0 N–H and O–H groups in total. The van der Waals surface area contributed by atoms with E-state index in [1.54, 1.807) is 0 Å². The van der Waals surface area contributed by atoms with Gasteiger partial charge in [-0.15, -0.1) is 0 Å². The second-order valence-corrected chi connectivity index (χ2v) is 18.9. The molecule has 0 spiro atoms. The van der Waals surface area contributed by atoms with Crippen molar-refractivity contribution in [2.75, 3.05) is 6.16 Å². The van der Waals surface area contributed by atoms with Gasteiger partial charge in [-0.05, 0) is 0 Å². The fourth-order valence-corrected chi connectivity index (χ4v) is 12.9. The van der Waals surface area contributed by atoms with Crippen LogP contribution in [-0.2, 0) is 6.42 Å². The summed E-state index contributed by atoms with van der Waals surface area (Å²) in [5, 5.41) is 4.30. The third-order valence-electron chi connectivity index (χ3n) is 5.64. The fraction of sp³-hybridized carbons (Fsp3) is 0.0769. The van der Waals surface area contributed by atoms with Gasteiger partial charge >= 0.3 is 196 Å². The molecule has 0 saturated heterocycles. The Kier molecular flexibility index (Phi) is 6.24. The van der Waals surface area contributed by atoms with E-state index >= 15 is 0 Å². The van der Waals surface area contributed by atoms with Crippen LogP contribution in [0.3, 0.4) is 0 Å². The van der Waals surface area contributed by atoms with Crippen LogP contribution in [0.25, 0.3) is 0 Å². The van der Waals surface area contributed by atoms with Crippen molar-refractivity contribution >= 4 is 58.1 Å². The molecule has 29 heavy (non-hydrogen) atoms. The summed E-state index contributed by atoms with van der Waals surface area (Å²) in [5.41, 5.74) is 1.36. The minimum atomic E-state index is -2.70. The van der Waals surface area contributed by atoms with E-state index in [1.807, 2.05) is 0 Å². The minimum absolute atomic E-state index is 1.01. The standard InChI is InChI=1S/C26H23BrIP/c27-26-19-11-10-12-22(26)20-21-29(28,23-13-4-1-5-14-23,24-15-6-2-7-16-24)25-17-8-3-9-18-25/h1-19H,20-21H2. The Bertz CT molecular complexity index is 982. The molecule has 3 heteroatoms. The normalized spacial score (nSPS) is 12.8. The quantitative estimate of drug-likeness (QED) is 0.175. The van der Waals surface area contributed by atoms with Crippen LogP contribution in [0, 0.1) is 0 Å². The van der Waals surface area contributed by atoms with Crippen LogP contribution in [0.5, 0.6) is 0 Å². The fourth-order valence-electron chi connectivity index (χ4n) is 4.08. The van der Waals surface area contributed by atoms with Gasteiger partial charge in [-0.3, -0.25) is 0 Å². The predicted octanol–water partition coefficient (Wildman–Crippen LogP) is 6.87. The van der Waals surface area contributed by atoms with E-state index in [1.165, 1.54) is 25.9 Å². The maximum absolute atomic E-state index is 3.76. The molecule has 4 aromatic carbocycles. The monoisotopic (exact) mass is 572 g/mol. The Morgan fingerprint density at radius 3 is 1.34 bits per heavy atom. The number of benzene rings is 4. The van der Waals surface area contributed by atoms with E-state index in [9.17, 15) is 0 Å². The average molecular weight is 573 g/mol. The van der Waals surface area contributed by atoms with Crippen molar-refractivity contribution in [1.82, 2.24) is 0 Å². The van der Waals surface area contributed by atoms with Gasteiger partial charge in [-0.25, -0.2) is 0 Å². The van der Waals surface area contributed by atoms with E-state index in [-0.39, 0.29) is 0 Å². The Morgan fingerprint density at radius 1 is 0.552 bits per heavy atom. The van der Waals surface area contributed by atoms with E-state index in [0.717, 1.165) is 12.6 Å². The molecule has 0 unspecified atom stereocenters. The third-order valence-corrected chi connectivity index (χ3v) is 18.1. The summed E-state index contributed by atoms with van der Waals surface area (Å²) in [4.78, 5) is 0. The van der Waals surface area contributed by atoms with Gasteiger partial charge < -0.3 is 0 Å². The molecule has 0 aliphatic heterocycles. The van der Waals surface area contributed by atoms with Gasteiger partial charge in [0.25, 0.3) is 0 Å². The van der Waals surface area contributed by atoms with Gasteiger partial charge in [0.05, 0.1) is 0 Å². The Morgan fingerprint density at radius 2 is 0.931 bits per heavy atom. The Hall–Kier alpha value is -1.48. The third kappa shape index (κ3) is 3.83. The van der Waals surface area contributed by atoms with Crippen molar-refractivity contribution in [3.63, 3.8) is 0 Å². The molecule has 0 bridgehead atoms. The van der Waals surface area contributed by atoms with Crippen LogP contribution >= 0.6 is 42.2 Å². The van der Waals surface area contributed by atoms with E-state index in [2.05, 4.69) is 153 Å². The molecule has 0 atom stereocenters. The molecule has 0 aromatic heterocycles. The zero-order chi connectivity index (χ0) is 20.2. The molecule has 0 nitrogen and oxygen atoms in total. The number of hydrogen-bond acceptors (Lipinski definition) is 0. The molecule has 0 heterocycles. The topological polar surface area (TPSA) is 0 Å². The van der Waals surface area contributed by atoms with E-state index < -0.39 is 4.25 Å². The van der Waals surface area contributed by atoms with Crippen molar-refractivity contribution in [2.24, 2.45) is 0 Å². The molecule has 4 aromatic rings. The summed E-state index contributed by atoms with van der Waals surface area (Å²) < 4.78 is -1.50. The summed E-state index contributed by atoms with van der Waals surface area (Å²) in [5.74, 6) is 0. The Labute approximate surface area is 194 Å². The van der Waals surface area contributed by atoms with Crippen molar-refractivity contribution in [2.45, 2.75) is 6.42 Å². The summed E-state index contributed by atoms with van der Waals surface area (Å²) >= 11 is 6.62. The second-order valence-electron chi connectivity index (χ2n) is 7.25. The Balaban J connectivity index is 1.98. The number of aryl methyl sites for hydroxylation is 1. The second kappa shape index (κ2) is 8.71. The van der Waals surface area contributed by atoms with E-state index in [4.69, 9.17) is 0 Å². The molecule has 0 aliphatic rings. The van der Waals surface area contributed by atoms with Crippen LogP contribution in [0.1, 0.15) is 5.56 Å². The first-order chi connectivity index (χ1) is 14.1. The number of halogens is 2. The van der Waals surface area contributed by atoms with Gasteiger partial charge in [0.2, 0.25) is 0 Å². The zero-order valence-corrected chi connectivity index (χ0v) is 20.7. The van der Waals surface area contributed by atoms with Crippen LogP contribution in [-0.4, -0.2) is 6.16 Å². The molecule has 0 saturated carbocycles. The molecule has 0 fully saturated rings. The van der Waals surface area contributed by atoms with Crippen molar-refractivity contribution < 1.29 is 0 Å². The number of hydrogen-bond donors (Lipinski definition) is 0. The predicted molar refractivity (Wildman–Crippen MR) is 142 cm³/mol. The molecule has 0 radical (unpaired) electrons. The van der Waals surface area contributed by atoms with Crippen LogP contribution in [0.15, 0.2) is 120 Å². The zero-order valence-electron chi connectivity index (χ0n) is 16.1. The SMILES string of the molecule is Brc1ccccc1CCP(I)(c1ccccc1)(c1ccccc1)c1ccccc1. The molecular formula is C26H23BrIP. The molecule has 0 aliphatic carbocycles. The van der Waals surface area contributed by atoms with Gasteiger partial charge in [-0.1, -0.05) is 0 Å². The summed E-state index contributed by atoms with van der Waals surface area (Å²) in [6.07, 6.45) is 2.09. The van der Waals surface area contributed by atoms with Crippen molar-refractivity contribution in [1.29, 1.82) is 0 Å². The maximum atomic E-state index is 3.76. The number of rotatable bonds is 6. The van der Waals surface area contributed by atoms with Crippen molar-refractivity contribution in [3.8, 4) is 0 Å². The van der Waals surface area contributed by atoms with Crippen LogP contribution in [0.4, 0.5) is 0 Å². The van der Waals surface area contributed by atoms with Crippen molar-refractivity contribution in [3.05, 3.63) is 125 Å². The molecular weight excluding hydrogens is 550 g/mol. The average Bonchev–Trinajstić information content (AvgIpc) is 2.80. The summed E-state index contributed by atoms with van der Waals surface area (Å²) in [6, 6.07) is 42.0. The van der Waals surface area contributed by atoms with Gasteiger partial charge in [0.1, 0.15) is 0 Å². The molecule has 4 rings (SSSR count). The van der Waals surface area contributed by atoms with Crippen LogP contribution < -0.4 is 15.9 Å². The first-order valence-electron chi connectivity index (χ1n) is 9.76. The van der Waals surface area contributed by atoms with Gasteiger partial charge in [-0.2, -0.15) is 0 Å². The molecule has 0 amide bonds. The summed E-state index contributed by atoms with van der Waals surface area (Å²) in [7, 11) is 0. The van der Waals surface area contributed by atoms with Crippen LogP contribution in [0.2, 0.25) is 0 Å². The van der Waals surface area contributed by atoms with Gasteiger partial charge in [0.15, 0.2) is 0 Å². The summed E-state index contributed by atoms with van der Waals surface area (Å²) in [6.45, 7) is 0. The first kappa shape index (κ1) is 20.8. The molecule has 146 valence electrons. The van der Waals surface area contributed by atoms with Gasteiger partial charge in [0, 0.05) is 0 Å².